The van der Waals surface area contributed by atoms with Crippen LogP contribution in [0.3, 0.4) is 0 Å². The first-order chi connectivity index (χ1) is 16.9. The molecule has 0 unspecified atom stereocenters. The zero-order valence-electron chi connectivity index (χ0n) is 19.7. The number of piperidine rings is 1. The first-order valence-electron chi connectivity index (χ1n) is 11.7. The van der Waals surface area contributed by atoms with Crippen LogP contribution in [0.4, 0.5) is 5.69 Å². The summed E-state index contributed by atoms with van der Waals surface area (Å²) in [7, 11) is -3.67. The maximum atomic E-state index is 13.2. The van der Waals surface area contributed by atoms with Gasteiger partial charge in [0.1, 0.15) is 0 Å². The summed E-state index contributed by atoms with van der Waals surface area (Å²) in [6.07, 6.45) is 2.69. The molecule has 3 aromatic carbocycles. The third kappa shape index (κ3) is 5.78. The summed E-state index contributed by atoms with van der Waals surface area (Å²) in [4.78, 5) is 26.1. The van der Waals surface area contributed by atoms with Gasteiger partial charge in [-0.25, -0.2) is 8.42 Å². The Kier molecular flexibility index (Phi) is 7.63. The van der Waals surface area contributed by atoms with E-state index >= 15 is 0 Å². The normalized spacial score (nSPS) is 14.3. The molecule has 0 aliphatic carbocycles. The molecule has 0 saturated carbocycles. The number of nitrogens with one attached hydrogen (secondary N) is 2. The standard InChI is InChI=1S/C27H29N3O4S/c1-20-14-15-22(35(33,34)30-16-8-3-9-17-30)18-24(20)27(32)29-25-13-7-6-12-23(25)26(31)28-19-21-10-4-2-5-11-21/h2,4-7,10-15,18H,3,8-9,16-17,19H2,1H3,(H,28,31)(H,29,32). The van der Waals surface area contributed by atoms with Gasteiger partial charge in [0.15, 0.2) is 0 Å². The summed E-state index contributed by atoms with van der Waals surface area (Å²) in [6, 6.07) is 20.9. The lowest BCUT2D eigenvalue weighted by Gasteiger charge is -2.26. The number of carbonyl (C=O) groups is 2. The largest absolute Gasteiger partial charge is 0.348 e. The summed E-state index contributed by atoms with van der Waals surface area (Å²) >= 11 is 0. The van der Waals surface area contributed by atoms with Gasteiger partial charge >= 0.3 is 0 Å². The number of para-hydroxylation sites is 1. The predicted octanol–water partition coefficient (Wildman–Crippen LogP) is 4.35. The molecular formula is C27H29N3O4S. The van der Waals surface area contributed by atoms with Gasteiger partial charge in [-0.05, 0) is 55.2 Å². The zero-order valence-corrected chi connectivity index (χ0v) is 20.5. The van der Waals surface area contributed by atoms with Crippen molar-refractivity contribution in [1.29, 1.82) is 0 Å². The van der Waals surface area contributed by atoms with E-state index in [1.54, 1.807) is 43.3 Å². The van der Waals surface area contributed by atoms with Crippen LogP contribution >= 0.6 is 0 Å². The fourth-order valence-electron chi connectivity index (χ4n) is 4.11. The van der Waals surface area contributed by atoms with Crippen LogP contribution in [-0.2, 0) is 16.6 Å². The summed E-state index contributed by atoms with van der Waals surface area (Å²) in [5, 5.41) is 5.67. The van der Waals surface area contributed by atoms with E-state index in [0.717, 1.165) is 24.8 Å². The molecule has 0 radical (unpaired) electrons. The van der Waals surface area contributed by atoms with Crippen LogP contribution in [-0.4, -0.2) is 37.6 Å². The smallest absolute Gasteiger partial charge is 0.255 e. The molecule has 1 saturated heterocycles. The van der Waals surface area contributed by atoms with Crippen LogP contribution in [0.5, 0.6) is 0 Å². The fourth-order valence-corrected chi connectivity index (χ4v) is 5.66. The lowest BCUT2D eigenvalue weighted by atomic mass is 10.1. The van der Waals surface area contributed by atoms with Crippen molar-refractivity contribution in [3.63, 3.8) is 0 Å². The number of benzene rings is 3. The summed E-state index contributed by atoms with van der Waals surface area (Å²) in [5.74, 6) is -0.788. The maximum absolute atomic E-state index is 13.2. The van der Waals surface area contributed by atoms with E-state index in [1.165, 1.54) is 10.4 Å². The van der Waals surface area contributed by atoms with E-state index in [2.05, 4.69) is 10.6 Å². The predicted molar refractivity (Wildman–Crippen MR) is 136 cm³/mol. The zero-order chi connectivity index (χ0) is 24.8. The first-order valence-corrected chi connectivity index (χ1v) is 13.1. The number of amides is 2. The Morgan fingerprint density at radius 3 is 2.26 bits per heavy atom. The van der Waals surface area contributed by atoms with Crippen LogP contribution in [0, 0.1) is 6.92 Å². The molecule has 7 nitrogen and oxygen atoms in total. The highest BCUT2D eigenvalue weighted by Gasteiger charge is 2.27. The van der Waals surface area contributed by atoms with E-state index in [0.29, 0.717) is 36.4 Å². The van der Waals surface area contributed by atoms with E-state index in [1.807, 2.05) is 30.3 Å². The summed E-state index contributed by atoms with van der Waals surface area (Å²) in [6.45, 7) is 3.09. The van der Waals surface area contributed by atoms with Gasteiger partial charge in [-0.2, -0.15) is 4.31 Å². The van der Waals surface area contributed by atoms with Crippen molar-refractivity contribution < 1.29 is 18.0 Å². The van der Waals surface area contributed by atoms with Crippen LogP contribution in [0.25, 0.3) is 0 Å². The second-order valence-corrected chi connectivity index (χ2v) is 10.5. The average Bonchev–Trinajstić information content (AvgIpc) is 2.89. The SMILES string of the molecule is Cc1ccc(S(=O)(=O)N2CCCCC2)cc1C(=O)Nc1ccccc1C(=O)NCc1ccccc1. The van der Waals surface area contributed by atoms with Gasteiger partial charge in [-0.1, -0.05) is 55.0 Å². The molecule has 8 heteroatoms. The Hall–Kier alpha value is -3.49. The summed E-state index contributed by atoms with van der Waals surface area (Å²) < 4.78 is 27.7. The van der Waals surface area contributed by atoms with Gasteiger partial charge in [-0.3, -0.25) is 9.59 Å². The third-order valence-corrected chi connectivity index (χ3v) is 8.02. The third-order valence-electron chi connectivity index (χ3n) is 6.12. The highest BCUT2D eigenvalue weighted by atomic mass is 32.2. The molecule has 0 bridgehead atoms. The molecule has 35 heavy (non-hydrogen) atoms. The van der Waals surface area contributed by atoms with E-state index in [4.69, 9.17) is 0 Å². The van der Waals surface area contributed by atoms with Gasteiger partial charge < -0.3 is 10.6 Å². The minimum Gasteiger partial charge on any atom is -0.348 e. The topological polar surface area (TPSA) is 95.6 Å². The number of carbonyl (C=O) groups excluding carboxylic acids is 2. The number of aryl methyl sites for hydroxylation is 1. The van der Waals surface area contributed by atoms with Crippen LogP contribution in [0.2, 0.25) is 0 Å². The minimum absolute atomic E-state index is 0.101. The highest BCUT2D eigenvalue weighted by Crippen LogP contribution is 2.24. The molecule has 2 amide bonds. The molecule has 3 aromatic rings. The monoisotopic (exact) mass is 491 g/mol. The molecule has 0 spiro atoms. The highest BCUT2D eigenvalue weighted by molar-refractivity contribution is 7.89. The van der Waals surface area contributed by atoms with Gasteiger partial charge in [0, 0.05) is 25.2 Å². The van der Waals surface area contributed by atoms with Gasteiger partial charge in [-0.15, -0.1) is 0 Å². The fraction of sp³-hybridized carbons (Fsp3) is 0.259. The Bertz CT molecular complexity index is 1320. The van der Waals surface area contributed by atoms with Crippen LogP contribution in [0.15, 0.2) is 77.7 Å². The van der Waals surface area contributed by atoms with Crippen molar-refractivity contribution >= 4 is 27.5 Å². The molecule has 1 heterocycles. The molecule has 1 aliphatic rings. The Morgan fingerprint density at radius 1 is 0.829 bits per heavy atom. The van der Waals surface area contributed by atoms with Gasteiger partial charge in [0.05, 0.1) is 16.1 Å². The average molecular weight is 492 g/mol. The molecule has 1 fully saturated rings. The lowest BCUT2D eigenvalue weighted by molar-refractivity contribution is 0.0951. The van der Waals surface area contributed by atoms with Crippen molar-refractivity contribution in [2.24, 2.45) is 0 Å². The second kappa shape index (κ2) is 10.8. The molecule has 0 aromatic heterocycles. The van der Waals surface area contributed by atoms with Crippen molar-refractivity contribution in [3.05, 3.63) is 95.1 Å². The molecule has 0 atom stereocenters. The van der Waals surface area contributed by atoms with Crippen LogP contribution < -0.4 is 10.6 Å². The summed E-state index contributed by atoms with van der Waals surface area (Å²) in [5.41, 5.74) is 2.54. The van der Waals surface area contributed by atoms with Crippen molar-refractivity contribution in [2.75, 3.05) is 18.4 Å². The van der Waals surface area contributed by atoms with E-state index < -0.39 is 15.9 Å². The number of hydrogen-bond acceptors (Lipinski definition) is 4. The van der Waals surface area contributed by atoms with Crippen LogP contribution in [0.1, 0.15) is 51.1 Å². The number of sulfonamides is 1. The Morgan fingerprint density at radius 2 is 1.51 bits per heavy atom. The Labute approximate surface area is 206 Å². The van der Waals surface area contributed by atoms with Crippen molar-refractivity contribution in [2.45, 2.75) is 37.6 Å². The molecule has 1 aliphatic heterocycles. The minimum atomic E-state index is -3.67. The quantitative estimate of drug-likeness (QED) is 0.514. The van der Waals surface area contributed by atoms with E-state index in [9.17, 15) is 18.0 Å². The maximum Gasteiger partial charge on any atom is 0.255 e. The van der Waals surface area contributed by atoms with Crippen molar-refractivity contribution in [1.82, 2.24) is 9.62 Å². The Balaban J connectivity index is 1.53. The first kappa shape index (κ1) is 24.6. The van der Waals surface area contributed by atoms with Gasteiger partial charge in [0.25, 0.3) is 11.8 Å². The van der Waals surface area contributed by atoms with E-state index in [-0.39, 0.29) is 16.4 Å². The number of anilines is 1. The van der Waals surface area contributed by atoms with Gasteiger partial charge in [0.2, 0.25) is 10.0 Å². The van der Waals surface area contributed by atoms with Crippen molar-refractivity contribution in [3.8, 4) is 0 Å². The molecule has 2 N–H and O–H groups in total. The second-order valence-electron chi connectivity index (χ2n) is 8.61. The molecule has 182 valence electrons. The number of rotatable bonds is 7. The molecule has 4 rings (SSSR count). The lowest BCUT2D eigenvalue weighted by Crippen LogP contribution is -2.35. The molecular weight excluding hydrogens is 462 g/mol. The number of nitrogens with zero attached hydrogens (tertiary/aromatic N) is 1. The number of hydrogen-bond donors (Lipinski definition) is 2.